The van der Waals surface area contributed by atoms with Gasteiger partial charge >= 0.3 is 11.4 Å². The SMILES string of the molecule is CC(=O)c1cccc([N+](=O)[O-])c1O.Cc1ccccc1/C=C/C(=O)c1cccc([N+](=O)[O-])c1O.Cc1ccccc1C=O. The Labute approximate surface area is 246 Å². The van der Waals surface area contributed by atoms with Crippen LogP contribution in [0.2, 0.25) is 0 Å². The van der Waals surface area contributed by atoms with Crippen LogP contribution < -0.4 is 0 Å². The van der Waals surface area contributed by atoms with Crippen molar-refractivity contribution in [3.63, 3.8) is 0 Å². The number of phenolic OH excluding ortho intramolecular Hbond substituents is 2. The van der Waals surface area contributed by atoms with Gasteiger partial charge in [-0.05, 0) is 55.7 Å². The van der Waals surface area contributed by atoms with Gasteiger partial charge in [-0.1, -0.05) is 66.7 Å². The van der Waals surface area contributed by atoms with Crippen LogP contribution in [0.5, 0.6) is 11.5 Å². The second-order valence-corrected chi connectivity index (χ2v) is 8.95. The maximum absolute atomic E-state index is 12.1. The summed E-state index contributed by atoms with van der Waals surface area (Å²) in [6.07, 6.45) is 3.78. The van der Waals surface area contributed by atoms with E-state index >= 15 is 0 Å². The number of hydrogen-bond donors (Lipinski definition) is 2. The van der Waals surface area contributed by atoms with Crippen molar-refractivity contribution in [2.45, 2.75) is 20.8 Å². The molecule has 0 aliphatic rings. The lowest BCUT2D eigenvalue weighted by molar-refractivity contribution is -0.386. The number of aromatic hydroxyl groups is 2. The number of carbonyl (C=O) groups is 3. The van der Waals surface area contributed by atoms with Crippen molar-refractivity contribution in [1.29, 1.82) is 0 Å². The van der Waals surface area contributed by atoms with Gasteiger partial charge in [0.2, 0.25) is 11.5 Å². The first-order valence-electron chi connectivity index (χ1n) is 12.6. The predicted octanol–water partition coefficient (Wildman–Crippen LogP) is 6.82. The molecule has 220 valence electrons. The first-order valence-corrected chi connectivity index (χ1v) is 12.6. The minimum absolute atomic E-state index is 0.0331. The van der Waals surface area contributed by atoms with Gasteiger partial charge in [0.25, 0.3) is 0 Å². The van der Waals surface area contributed by atoms with Crippen LogP contribution in [-0.2, 0) is 0 Å². The minimum atomic E-state index is -0.734. The number of aldehydes is 1. The molecule has 4 aromatic carbocycles. The summed E-state index contributed by atoms with van der Waals surface area (Å²) < 4.78 is 0. The van der Waals surface area contributed by atoms with Crippen LogP contribution in [0.25, 0.3) is 6.08 Å². The van der Waals surface area contributed by atoms with Crippen LogP contribution in [0, 0.1) is 34.1 Å². The van der Waals surface area contributed by atoms with Gasteiger partial charge < -0.3 is 10.2 Å². The number of allylic oxidation sites excluding steroid dienone is 1. The van der Waals surface area contributed by atoms with E-state index in [0.29, 0.717) is 0 Å². The molecule has 0 atom stereocenters. The van der Waals surface area contributed by atoms with Crippen molar-refractivity contribution < 1.29 is 34.4 Å². The Kier molecular flexibility index (Phi) is 12.2. The number of nitrogens with zero attached hydrogens (tertiary/aromatic N) is 2. The molecule has 0 heterocycles. The quantitative estimate of drug-likeness (QED) is 0.0775. The number of hydrogen-bond acceptors (Lipinski definition) is 9. The van der Waals surface area contributed by atoms with Crippen molar-refractivity contribution in [1.82, 2.24) is 0 Å². The van der Waals surface area contributed by atoms with Gasteiger partial charge in [0.15, 0.2) is 11.6 Å². The number of phenols is 2. The van der Waals surface area contributed by atoms with E-state index in [0.717, 1.165) is 40.7 Å². The summed E-state index contributed by atoms with van der Waals surface area (Å²) in [5.74, 6) is -2.07. The second kappa shape index (κ2) is 15.7. The summed E-state index contributed by atoms with van der Waals surface area (Å²) in [6, 6.07) is 22.7. The zero-order chi connectivity index (χ0) is 32.1. The summed E-state index contributed by atoms with van der Waals surface area (Å²) in [4.78, 5) is 52.7. The maximum Gasteiger partial charge on any atom is 0.311 e. The zero-order valence-electron chi connectivity index (χ0n) is 23.5. The Morgan fingerprint density at radius 3 is 1.53 bits per heavy atom. The lowest BCUT2D eigenvalue weighted by Gasteiger charge is -2.02. The first-order chi connectivity index (χ1) is 20.4. The average Bonchev–Trinajstić information content (AvgIpc) is 2.97. The number of rotatable bonds is 7. The summed E-state index contributed by atoms with van der Waals surface area (Å²) in [6.45, 7) is 5.07. The smallest absolute Gasteiger partial charge is 0.311 e. The summed E-state index contributed by atoms with van der Waals surface area (Å²) >= 11 is 0. The molecule has 0 aliphatic carbocycles. The molecule has 0 aliphatic heterocycles. The van der Waals surface area contributed by atoms with Gasteiger partial charge in [0.05, 0.1) is 21.0 Å². The zero-order valence-corrected chi connectivity index (χ0v) is 23.5. The van der Waals surface area contributed by atoms with Crippen LogP contribution in [0.4, 0.5) is 11.4 Å². The van der Waals surface area contributed by atoms with Crippen LogP contribution in [0.15, 0.2) is 91.0 Å². The van der Waals surface area contributed by atoms with E-state index in [1.807, 2.05) is 62.4 Å². The van der Waals surface area contributed by atoms with Crippen molar-refractivity contribution in [2.24, 2.45) is 0 Å². The van der Waals surface area contributed by atoms with Crippen LogP contribution in [0.3, 0.4) is 0 Å². The number of nitro groups is 2. The highest BCUT2D eigenvalue weighted by molar-refractivity contribution is 6.09. The van der Waals surface area contributed by atoms with Crippen molar-refractivity contribution in [3.05, 3.63) is 145 Å². The van der Waals surface area contributed by atoms with E-state index in [1.165, 1.54) is 37.3 Å². The van der Waals surface area contributed by atoms with Gasteiger partial charge in [-0.15, -0.1) is 0 Å². The summed E-state index contributed by atoms with van der Waals surface area (Å²) in [7, 11) is 0. The van der Waals surface area contributed by atoms with Gasteiger partial charge in [0, 0.05) is 17.7 Å². The average molecular weight is 585 g/mol. The molecule has 0 fully saturated rings. The Morgan fingerprint density at radius 2 is 1.12 bits per heavy atom. The second-order valence-electron chi connectivity index (χ2n) is 8.95. The lowest BCUT2D eigenvalue weighted by atomic mass is 10.0. The van der Waals surface area contributed by atoms with Crippen LogP contribution in [0.1, 0.15) is 54.7 Å². The van der Waals surface area contributed by atoms with Gasteiger partial charge in [0.1, 0.15) is 6.29 Å². The molecule has 0 saturated carbocycles. The maximum atomic E-state index is 12.1. The Bertz CT molecular complexity index is 1660. The number of nitro benzene ring substituents is 2. The molecule has 43 heavy (non-hydrogen) atoms. The molecule has 0 aromatic heterocycles. The molecule has 4 aromatic rings. The fourth-order valence-electron chi connectivity index (χ4n) is 3.59. The Balaban J connectivity index is 0.000000249. The fraction of sp³-hybridized carbons (Fsp3) is 0.0938. The number of para-hydroxylation sites is 2. The van der Waals surface area contributed by atoms with Crippen molar-refractivity contribution >= 4 is 35.3 Å². The number of ketones is 2. The van der Waals surface area contributed by atoms with Crippen molar-refractivity contribution in [3.8, 4) is 11.5 Å². The number of aryl methyl sites for hydroxylation is 2. The van der Waals surface area contributed by atoms with E-state index in [-0.39, 0.29) is 11.1 Å². The van der Waals surface area contributed by atoms with E-state index < -0.39 is 44.3 Å². The highest BCUT2D eigenvalue weighted by Gasteiger charge is 2.20. The third-order valence-electron chi connectivity index (χ3n) is 5.99. The van der Waals surface area contributed by atoms with E-state index in [9.17, 15) is 44.8 Å². The third kappa shape index (κ3) is 9.29. The van der Waals surface area contributed by atoms with Gasteiger partial charge in [-0.2, -0.15) is 0 Å². The number of benzene rings is 4. The molecular weight excluding hydrogens is 556 g/mol. The van der Waals surface area contributed by atoms with E-state index in [1.54, 1.807) is 6.08 Å². The van der Waals surface area contributed by atoms with Gasteiger partial charge in [-0.25, -0.2) is 0 Å². The largest absolute Gasteiger partial charge is 0.502 e. The minimum Gasteiger partial charge on any atom is -0.502 e. The number of carbonyl (C=O) groups excluding carboxylic acids is 3. The third-order valence-corrected chi connectivity index (χ3v) is 5.99. The van der Waals surface area contributed by atoms with Gasteiger partial charge in [-0.3, -0.25) is 34.6 Å². The van der Waals surface area contributed by atoms with E-state index in [4.69, 9.17) is 0 Å². The first kappa shape index (κ1) is 33.2. The topological polar surface area (TPSA) is 178 Å². The molecule has 4 rings (SSSR count). The molecule has 11 nitrogen and oxygen atoms in total. The molecular formula is C32H28N2O9. The predicted molar refractivity (Wildman–Crippen MR) is 161 cm³/mol. The van der Waals surface area contributed by atoms with Crippen LogP contribution >= 0.6 is 0 Å². The molecule has 0 radical (unpaired) electrons. The highest BCUT2D eigenvalue weighted by atomic mass is 16.6. The molecule has 11 heteroatoms. The van der Waals surface area contributed by atoms with Crippen LogP contribution in [-0.4, -0.2) is 37.9 Å². The fourth-order valence-corrected chi connectivity index (χ4v) is 3.59. The Hall–Kier alpha value is -5.97. The molecule has 0 bridgehead atoms. The molecule has 2 N–H and O–H groups in total. The molecule has 0 amide bonds. The normalized spacial score (nSPS) is 10.0. The standard InChI is InChI=1S/C16H13NO4.C8H7NO4.C8H8O/c1-11-5-2-3-6-12(11)9-10-15(18)13-7-4-8-14(16(13)19)17(20)21;1-5(10)6-3-2-4-7(8(6)11)9(12)13;1-7-4-2-3-5-8(7)6-9/h2-10,19H,1H3;2-4,11H,1H3;2-6H,1H3/b10-9+;;. The monoisotopic (exact) mass is 584 g/mol. The summed E-state index contributed by atoms with van der Waals surface area (Å²) in [5.41, 5.74) is 2.63. The van der Waals surface area contributed by atoms with Crippen molar-refractivity contribution in [2.75, 3.05) is 0 Å². The molecule has 0 saturated heterocycles. The highest BCUT2D eigenvalue weighted by Crippen LogP contribution is 2.30. The molecule has 0 unspecified atom stereocenters. The van der Waals surface area contributed by atoms with E-state index in [2.05, 4.69) is 0 Å². The Morgan fingerprint density at radius 1 is 0.674 bits per heavy atom. The lowest BCUT2D eigenvalue weighted by Crippen LogP contribution is -1.98. The number of Topliss-reactive ketones (excluding diaryl/α,β-unsaturated/α-hetero) is 1. The summed E-state index contributed by atoms with van der Waals surface area (Å²) in [5, 5.41) is 40.1. The molecule has 0 spiro atoms.